The Morgan fingerprint density at radius 2 is 2.12 bits per heavy atom. The average molecular weight is 423 g/mol. The summed E-state index contributed by atoms with van der Waals surface area (Å²) in [7, 11) is 1.36. The highest BCUT2D eigenvalue weighted by molar-refractivity contribution is 9.10. The third-order valence-electron chi connectivity index (χ3n) is 4.38. The van der Waals surface area contributed by atoms with Gasteiger partial charge in [0.2, 0.25) is 5.91 Å². The van der Waals surface area contributed by atoms with Crippen molar-refractivity contribution in [3.05, 3.63) is 39.8 Å². The fraction of sp³-hybridized carbons (Fsp3) is 0.389. The maximum Gasteiger partial charge on any atom is 0.331 e. The second-order valence-corrected chi connectivity index (χ2v) is 7.93. The third-order valence-corrected chi connectivity index (χ3v) is 5.81. The molecule has 0 saturated heterocycles. The van der Waals surface area contributed by atoms with E-state index in [4.69, 9.17) is 4.74 Å². The number of thiazole rings is 1. The molecular formula is C18H19BrN2O3S. The lowest BCUT2D eigenvalue weighted by Crippen LogP contribution is -2.53. The molecule has 1 heterocycles. The van der Waals surface area contributed by atoms with Gasteiger partial charge in [0.25, 0.3) is 0 Å². The van der Waals surface area contributed by atoms with E-state index in [1.54, 1.807) is 0 Å². The quantitative estimate of drug-likeness (QED) is 0.745. The summed E-state index contributed by atoms with van der Waals surface area (Å²) < 4.78 is 5.88. The van der Waals surface area contributed by atoms with Crippen LogP contribution in [0.2, 0.25) is 0 Å². The highest BCUT2D eigenvalue weighted by Crippen LogP contribution is 2.31. The van der Waals surface area contributed by atoms with Crippen LogP contribution in [0.25, 0.3) is 10.6 Å². The van der Waals surface area contributed by atoms with Crippen molar-refractivity contribution in [1.29, 1.82) is 0 Å². The topological polar surface area (TPSA) is 68.3 Å². The summed E-state index contributed by atoms with van der Waals surface area (Å²) in [6, 6.07) is 7.89. The van der Waals surface area contributed by atoms with E-state index in [9.17, 15) is 9.59 Å². The van der Waals surface area contributed by atoms with Gasteiger partial charge in [-0.1, -0.05) is 40.9 Å². The highest BCUT2D eigenvalue weighted by atomic mass is 79.9. The molecule has 1 amide bonds. The molecule has 132 valence electrons. The molecule has 1 aliphatic rings. The van der Waals surface area contributed by atoms with Gasteiger partial charge in [-0.2, -0.15) is 0 Å². The number of hydrogen-bond donors (Lipinski definition) is 1. The molecule has 1 N–H and O–H groups in total. The summed E-state index contributed by atoms with van der Waals surface area (Å²) in [6.07, 6.45) is 3.25. The number of nitrogens with one attached hydrogen (secondary N) is 1. The number of amides is 1. The Labute approximate surface area is 158 Å². The first-order chi connectivity index (χ1) is 12.0. The zero-order valence-corrected chi connectivity index (χ0v) is 16.3. The normalized spacial score (nSPS) is 15.8. The lowest BCUT2D eigenvalue weighted by atomic mass is 9.97. The number of nitrogens with zero attached hydrogens (tertiary/aromatic N) is 1. The number of esters is 1. The van der Waals surface area contributed by atoms with Crippen LogP contribution in [0, 0.1) is 0 Å². The Bertz CT molecular complexity index is 784. The molecule has 0 atom stereocenters. The van der Waals surface area contributed by atoms with Gasteiger partial charge >= 0.3 is 5.97 Å². The number of carbonyl (C=O) groups excluding carboxylic acids is 2. The summed E-state index contributed by atoms with van der Waals surface area (Å²) in [5.41, 5.74) is 0.845. The second kappa shape index (κ2) is 7.66. The molecule has 0 radical (unpaired) electrons. The highest BCUT2D eigenvalue weighted by Gasteiger charge is 2.43. The largest absolute Gasteiger partial charge is 0.467 e. The second-order valence-electron chi connectivity index (χ2n) is 6.16. The zero-order valence-electron chi connectivity index (χ0n) is 13.9. The van der Waals surface area contributed by atoms with E-state index in [2.05, 4.69) is 26.2 Å². The lowest BCUT2D eigenvalue weighted by molar-refractivity contribution is -0.150. The van der Waals surface area contributed by atoms with Crippen molar-refractivity contribution in [2.45, 2.75) is 37.6 Å². The summed E-state index contributed by atoms with van der Waals surface area (Å²) in [4.78, 5) is 29.1. The van der Waals surface area contributed by atoms with Crippen molar-refractivity contribution in [3.8, 4) is 10.6 Å². The minimum Gasteiger partial charge on any atom is -0.467 e. The lowest BCUT2D eigenvalue weighted by Gasteiger charge is -2.27. The van der Waals surface area contributed by atoms with Gasteiger partial charge in [-0.25, -0.2) is 9.78 Å². The monoisotopic (exact) mass is 422 g/mol. The fourth-order valence-electron chi connectivity index (χ4n) is 3.17. The molecule has 5 nitrogen and oxygen atoms in total. The van der Waals surface area contributed by atoms with Gasteiger partial charge in [0.05, 0.1) is 19.2 Å². The number of ether oxygens (including phenoxy) is 1. The first-order valence-corrected chi connectivity index (χ1v) is 9.79. The molecule has 2 aromatic rings. The van der Waals surface area contributed by atoms with Crippen molar-refractivity contribution >= 4 is 39.1 Å². The van der Waals surface area contributed by atoms with Gasteiger partial charge in [0.15, 0.2) is 0 Å². The van der Waals surface area contributed by atoms with Crippen LogP contribution in [0.3, 0.4) is 0 Å². The Morgan fingerprint density at radius 3 is 2.80 bits per heavy atom. The van der Waals surface area contributed by atoms with E-state index in [0.29, 0.717) is 18.5 Å². The summed E-state index contributed by atoms with van der Waals surface area (Å²) >= 11 is 4.95. The predicted octanol–water partition coefficient (Wildman–Crippen LogP) is 3.72. The van der Waals surface area contributed by atoms with Crippen molar-refractivity contribution in [1.82, 2.24) is 10.3 Å². The van der Waals surface area contributed by atoms with Gasteiger partial charge in [-0.15, -0.1) is 11.3 Å². The van der Waals surface area contributed by atoms with E-state index < -0.39 is 5.54 Å². The number of aromatic nitrogens is 1. The number of methoxy groups -OCH3 is 1. The molecule has 0 aliphatic heterocycles. The molecular weight excluding hydrogens is 404 g/mol. The van der Waals surface area contributed by atoms with Gasteiger partial charge in [0.1, 0.15) is 10.5 Å². The van der Waals surface area contributed by atoms with Crippen molar-refractivity contribution in [2.75, 3.05) is 7.11 Å². The van der Waals surface area contributed by atoms with Gasteiger partial charge < -0.3 is 10.1 Å². The van der Waals surface area contributed by atoms with Crippen LogP contribution >= 0.6 is 27.3 Å². The molecule has 3 rings (SSSR count). The Morgan fingerprint density at radius 1 is 1.36 bits per heavy atom. The van der Waals surface area contributed by atoms with Gasteiger partial charge in [-0.3, -0.25) is 4.79 Å². The molecule has 1 fully saturated rings. The standard InChI is InChI=1S/C18H19BrN2O3S/c1-24-17(23)18(7-2-3-8-18)21-15(22)10-14-11-25-16(20-14)12-5-4-6-13(19)9-12/h4-6,9,11H,2-3,7-8,10H2,1H3,(H,21,22). The molecule has 0 spiro atoms. The van der Waals surface area contributed by atoms with E-state index in [1.165, 1.54) is 18.4 Å². The summed E-state index contributed by atoms with van der Waals surface area (Å²) in [5, 5.41) is 5.65. The molecule has 25 heavy (non-hydrogen) atoms. The van der Waals surface area contributed by atoms with Gasteiger partial charge in [-0.05, 0) is 25.0 Å². The van der Waals surface area contributed by atoms with Crippen LogP contribution in [0.4, 0.5) is 0 Å². The SMILES string of the molecule is COC(=O)C1(NC(=O)Cc2csc(-c3cccc(Br)c3)n2)CCCC1. The van der Waals surface area contributed by atoms with E-state index in [1.807, 2.05) is 29.6 Å². The van der Waals surface area contributed by atoms with Crippen LogP contribution in [0.15, 0.2) is 34.1 Å². The number of rotatable bonds is 5. The molecule has 0 bridgehead atoms. The Hall–Kier alpha value is -1.73. The van der Waals surface area contributed by atoms with Crippen LogP contribution in [-0.2, 0) is 20.7 Å². The Balaban J connectivity index is 1.68. The predicted molar refractivity (Wildman–Crippen MR) is 100 cm³/mol. The summed E-state index contributed by atoms with van der Waals surface area (Å²) in [6.45, 7) is 0. The molecule has 1 aromatic carbocycles. The molecule has 1 aliphatic carbocycles. The van der Waals surface area contributed by atoms with Crippen molar-refractivity contribution in [2.24, 2.45) is 0 Å². The van der Waals surface area contributed by atoms with Crippen LogP contribution in [0.5, 0.6) is 0 Å². The number of carbonyl (C=O) groups is 2. The fourth-order valence-corrected chi connectivity index (χ4v) is 4.39. The number of benzene rings is 1. The molecule has 1 aromatic heterocycles. The van der Waals surface area contributed by atoms with E-state index >= 15 is 0 Å². The van der Waals surface area contributed by atoms with E-state index in [-0.39, 0.29) is 18.3 Å². The molecule has 0 unspecified atom stereocenters. The smallest absolute Gasteiger partial charge is 0.331 e. The van der Waals surface area contributed by atoms with Crippen LogP contribution in [0.1, 0.15) is 31.4 Å². The van der Waals surface area contributed by atoms with Crippen molar-refractivity contribution < 1.29 is 14.3 Å². The molecule has 7 heteroatoms. The average Bonchev–Trinajstić information content (AvgIpc) is 3.24. The van der Waals surface area contributed by atoms with Gasteiger partial charge in [0, 0.05) is 15.4 Å². The van der Waals surface area contributed by atoms with Crippen LogP contribution in [-0.4, -0.2) is 29.5 Å². The number of halogens is 1. The maximum atomic E-state index is 12.4. The maximum absolute atomic E-state index is 12.4. The first kappa shape index (κ1) is 18.1. The number of hydrogen-bond acceptors (Lipinski definition) is 5. The molecule has 1 saturated carbocycles. The minimum atomic E-state index is -0.866. The zero-order chi connectivity index (χ0) is 17.9. The Kier molecular flexibility index (Phi) is 5.54. The third kappa shape index (κ3) is 4.10. The first-order valence-electron chi connectivity index (χ1n) is 8.12. The van der Waals surface area contributed by atoms with Crippen LogP contribution < -0.4 is 5.32 Å². The van der Waals surface area contributed by atoms with Crippen molar-refractivity contribution in [3.63, 3.8) is 0 Å². The van der Waals surface area contributed by atoms with E-state index in [0.717, 1.165) is 27.9 Å². The summed E-state index contributed by atoms with van der Waals surface area (Å²) in [5.74, 6) is -0.551. The minimum absolute atomic E-state index is 0.156.